The Bertz CT molecular complexity index is 834. The predicted molar refractivity (Wildman–Crippen MR) is 281 cm³/mol. The first-order valence-corrected chi connectivity index (χ1v) is 29.7. The van der Waals surface area contributed by atoms with Crippen LogP contribution in [-0.2, 0) is 4.79 Å². The minimum absolute atomic E-state index is 0.0211. The van der Waals surface area contributed by atoms with Gasteiger partial charge in [-0.3, -0.25) is 4.79 Å². The van der Waals surface area contributed by atoms with Crippen molar-refractivity contribution in [2.45, 2.75) is 366 Å². The van der Waals surface area contributed by atoms with E-state index in [9.17, 15) is 15.0 Å². The summed E-state index contributed by atoms with van der Waals surface area (Å²) in [4.78, 5) is 12.5. The topological polar surface area (TPSA) is 69.6 Å². The number of hydrogen-bond acceptors (Lipinski definition) is 3. The Balaban J connectivity index is 3.39. The van der Waals surface area contributed by atoms with Gasteiger partial charge in [-0.05, 0) is 12.8 Å². The van der Waals surface area contributed by atoms with Crippen molar-refractivity contribution in [1.29, 1.82) is 0 Å². The quantitative estimate of drug-likeness (QED) is 0.0533. The molecule has 0 radical (unpaired) electrons. The van der Waals surface area contributed by atoms with E-state index >= 15 is 0 Å². The number of unbranched alkanes of at least 4 members (excludes halogenated alkanes) is 49. The van der Waals surface area contributed by atoms with E-state index in [2.05, 4.69) is 19.2 Å². The van der Waals surface area contributed by atoms with Crippen molar-refractivity contribution < 1.29 is 15.0 Å². The highest BCUT2D eigenvalue weighted by Gasteiger charge is 2.20. The highest BCUT2D eigenvalue weighted by molar-refractivity contribution is 5.76. The molecule has 0 saturated carbocycles. The second-order valence-electron chi connectivity index (χ2n) is 20.8. The molecule has 2 unspecified atom stereocenters. The van der Waals surface area contributed by atoms with Gasteiger partial charge in [0.25, 0.3) is 0 Å². The van der Waals surface area contributed by atoms with Gasteiger partial charge in [0.05, 0.1) is 18.8 Å². The van der Waals surface area contributed by atoms with Crippen LogP contribution in [0.4, 0.5) is 0 Å². The summed E-state index contributed by atoms with van der Waals surface area (Å²) in [5.74, 6) is -0.0211. The molecule has 0 aromatic heterocycles. The Hall–Kier alpha value is -0.610. The first kappa shape index (κ1) is 62.4. The average Bonchev–Trinajstić information content (AvgIpc) is 3.29. The zero-order valence-electron chi connectivity index (χ0n) is 43.6. The predicted octanol–water partition coefficient (Wildman–Crippen LogP) is 19.5. The summed E-state index contributed by atoms with van der Waals surface area (Å²) in [7, 11) is 0. The lowest BCUT2D eigenvalue weighted by Gasteiger charge is -2.22. The van der Waals surface area contributed by atoms with Crippen molar-refractivity contribution >= 4 is 5.91 Å². The van der Waals surface area contributed by atoms with E-state index in [4.69, 9.17) is 0 Å². The molecule has 0 aliphatic rings. The van der Waals surface area contributed by atoms with Gasteiger partial charge in [-0.1, -0.05) is 335 Å². The fourth-order valence-electron chi connectivity index (χ4n) is 9.84. The van der Waals surface area contributed by atoms with Crippen LogP contribution in [0.2, 0.25) is 0 Å². The molecule has 0 aliphatic carbocycles. The number of aliphatic hydroxyl groups is 2. The van der Waals surface area contributed by atoms with Crippen molar-refractivity contribution in [3.8, 4) is 0 Å². The highest BCUT2D eigenvalue weighted by Crippen LogP contribution is 2.19. The van der Waals surface area contributed by atoms with Crippen molar-refractivity contribution in [3.63, 3.8) is 0 Å². The van der Waals surface area contributed by atoms with Crippen LogP contribution < -0.4 is 5.32 Å². The van der Waals surface area contributed by atoms with Gasteiger partial charge in [0.15, 0.2) is 0 Å². The van der Waals surface area contributed by atoms with Crippen molar-refractivity contribution in [2.75, 3.05) is 6.61 Å². The van der Waals surface area contributed by atoms with Gasteiger partial charge in [0.1, 0.15) is 0 Å². The van der Waals surface area contributed by atoms with Gasteiger partial charge in [0.2, 0.25) is 5.91 Å². The second kappa shape index (κ2) is 55.7. The van der Waals surface area contributed by atoms with Gasteiger partial charge >= 0.3 is 0 Å². The average molecular weight is 891 g/mol. The number of nitrogens with one attached hydrogen (secondary N) is 1. The summed E-state index contributed by atoms with van der Waals surface area (Å²) in [6.07, 6.45) is 71.1. The van der Waals surface area contributed by atoms with Crippen LogP contribution in [0.1, 0.15) is 354 Å². The molecule has 2 atom stereocenters. The molecule has 0 saturated heterocycles. The maximum Gasteiger partial charge on any atom is 0.220 e. The van der Waals surface area contributed by atoms with Gasteiger partial charge in [-0.2, -0.15) is 0 Å². The van der Waals surface area contributed by atoms with Crippen molar-refractivity contribution in [2.24, 2.45) is 0 Å². The third kappa shape index (κ3) is 52.2. The van der Waals surface area contributed by atoms with Gasteiger partial charge < -0.3 is 15.5 Å². The molecule has 3 N–H and O–H groups in total. The van der Waals surface area contributed by atoms with E-state index < -0.39 is 12.1 Å². The number of carbonyl (C=O) groups excluding carboxylic acids is 1. The zero-order valence-corrected chi connectivity index (χ0v) is 43.6. The van der Waals surface area contributed by atoms with E-state index in [0.29, 0.717) is 12.8 Å². The lowest BCUT2D eigenvalue weighted by atomic mass is 10.0. The molecular formula is C59H119NO3. The molecule has 0 rings (SSSR count). The maximum atomic E-state index is 12.5. The van der Waals surface area contributed by atoms with Crippen LogP contribution in [0, 0.1) is 0 Å². The Kier molecular flexibility index (Phi) is 55.2. The van der Waals surface area contributed by atoms with Crippen molar-refractivity contribution in [3.05, 3.63) is 0 Å². The molecule has 0 aromatic rings. The molecule has 378 valence electrons. The summed E-state index contributed by atoms with van der Waals surface area (Å²) < 4.78 is 0. The van der Waals surface area contributed by atoms with E-state index in [1.54, 1.807) is 0 Å². The van der Waals surface area contributed by atoms with Crippen LogP contribution in [-0.4, -0.2) is 34.9 Å². The smallest absolute Gasteiger partial charge is 0.220 e. The third-order valence-electron chi connectivity index (χ3n) is 14.4. The van der Waals surface area contributed by atoms with E-state index in [-0.39, 0.29) is 12.5 Å². The summed E-state index contributed by atoms with van der Waals surface area (Å²) >= 11 is 0. The highest BCUT2D eigenvalue weighted by atomic mass is 16.3. The Morgan fingerprint density at radius 2 is 0.508 bits per heavy atom. The molecule has 0 bridgehead atoms. The Morgan fingerprint density at radius 3 is 0.714 bits per heavy atom. The molecule has 63 heavy (non-hydrogen) atoms. The molecule has 0 aliphatic heterocycles. The fraction of sp³-hybridized carbons (Fsp3) is 0.983. The lowest BCUT2D eigenvalue weighted by molar-refractivity contribution is -0.123. The molecular weight excluding hydrogens is 771 g/mol. The van der Waals surface area contributed by atoms with Gasteiger partial charge in [-0.25, -0.2) is 0 Å². The maximum absolute atomic E-state index is 12.5. The van der Waals surface area contributed by atoms with Gasteiger partial charge in [-0.15, -0.1) is 0 Å². The first-order chi connectivity index (χ1) is 31.2. The third-order valence-corrected chi connectivity index (χ3v) is 14.4. The number of hydrogen-bond donors (Lipinski definition) is 3. The second-order valence-corrected chi connectivity index (χ2v) is 20.8. The van der Waals surface area contributed by atoms with Crippen LogP contribution in [0.25, 0.3) is 0 Å². The van der Waals surface area contributed by atoms with E-state index in [0.717, 1.165) is 25.7 Å². The number of rotatable bonds is 56. The van der Waals surface area contributed by atoms with Crippen LogP contribution in [0.5, 0.6) is 0 Å². The first-order valence-electron chi connectivity index (χ1n) is 29.7. The van der Waals surface area contributed by atoms with E-state index in [1.807, 2.05) is 0 Å². The number of amides is 1. The largest absolute Gasteiger partial charge is 0.394 e. The standard InChI is InChI=1S/C59H119NO3/c1-3-5-7-9-11-13-15-17-19-21-23-25-27-29-31-33-35-37-39-41-43-45-47-49-51-53-55-59(63)60-57(56-61)58(62)54-52-50-48-46-44-42-40-38-36-34-32-30-28-26-24-22-20-18-16-14-12-10-8-6-4-2/h57-58,61-62H,3-56H2,1-2H3,(H,60,63). The van der Waals surface area contributed by atoms with Crippen molar-refractivity contribution in [1.82, 2.24) is 5.32 Å². The molecule has 0 heterocycles. The molecule has 1 amide bonds. The molecule has 4 heteroatoms. The lowest BCUT2D eigenvalue weighted by Crippen LogP contribution is -2.45. The summed E-state index contributed by atoms with van der Waals surface area (Å²) in [6.45, 7) is 4.41. The summed E-state index contributed by atoms with van der Waals surface area (Å²) in [5.41, 5.74) is 0. The molecule has 0 spiro atoms. The molecule has 0 fully saturated rings. The zero-order chi connectivity index (χ0) is 45.6. The molecule has 4 nitrogen and oxygen atoms in total. The minimum Gasteiger partial charge on any atom is -0.394 e. The van der Waals surface area contributed by atoms with Crippen LogP contribution in [0.15, 0.2) is 0 Å². The minimum atomic E-state index is -0.655. The summed E-state index contributed by atoms with van der Waals surface area (Å²) in [6, 6.07) is -0.532. The van der Waals surface area contributed by atoms with Crippen LogP contribution >= 0.6 is 0 Å². The fourth-order valence-corrected chi connectivity index (χ4v) is 9.84. The Morgan fingerprint density at radius 1 is 0.317 bits per heavy atom. The van der Waals surface area contributed by atoms with Crippen LogP contribution in [0.3, 0.4) is 0 Å². The SMILES string of the molecule is CCCCCCCCCCCCCCCCCCCCCCCCCCCCC(=O)NC(CO)C(O)CCCCCCCCCCCCCCCCCCCCCCCCCCC. The van der Waals surface area contributed by atoms with Gasteiger partial charge in [0, 0.05) is 6.42 Å². The molecule has 0 aromatic carbocycles. The Labute approximate surface area is 397 Å². The monoisotopic (exact) mass is 890 g/mol. The van der Waals surface area contributed by atoms with E-state index in [1.165, 1.54) is 302 Å². The summed E-state index contributed by atoms with van der Waals surface area (Å²) in [5, 5.41) is 23.4. The number of aliphatic hydroxyl groups excluding tert-OH is 2. The normalized spacial score (nSPS) is 12.6. The number of carbonyl (C=O) groups is 1.